The van der Waals surface area contributed by atoms with Crippen LogP contribution in [0.2, 0.25) is 0 Å². The van der Waals surface area contributed by atoms with Gasteiger partial charge in [0.15, 0.2) is 0 Å². The van der Waals surface area contributed by atoms with Crippen LogP contribution in [-0.2, 0) is 4.74 Å². The summed E-state index contributed by atoms with van der Waals surface area (Å²) in [6.07, 6.45) is 3.83. The van der Waals surface area contributed by atoms with Crippen molar-refractivity contribution < 1.29 is 14.4 Å². The number of carbonyl (C=O) groups is 1. The number of piperidine rings is 1. The maximum absolute atomic E-state index is 12.2. The Kier molecular flexibility index (Phi) is 5.40. The molecule has 0 unspecified atom stereocenters. The molecule has 3 heteroatoms. The molecule has 1 N–H and O–H groups in total. The number of carbonyl (C=O) groups excluding carboxylic acids is 1. The predicted octanol–water partition coefficient (Wildman–Crippen LogP) is 2.39. The molecule has 3 atom stereocenters. The van der Waals surface area contributed by atoms with Gasteiger partial charge in [-0.25, -0.2) is 4.79 Å². The van der Waals surface area contributed by atoms with E-state index < -0.39 is 0 Å². The van der Waals surface area contributed by atoms with Crippen molar-refractivity contribution in [2.45, 2.75) is 65.1 Å². The van der Waals surface area contributed by atoms with Gasteiger partial charge in [-0.3, -0.25) is 0 Å². The molecule has 1 aromatic rings. The van der Waals surface area contributed by atoms with Gasteiger partial charge in [0.05, 0.1) is 17.6 Å². The smallest absolute Gasteiger partial charge is 0.338 e. The second-order valence-electron chi connectivity index (χ2n) is 6.60. The van der Waals surface area contributed by atoms with E-state index in [-0.39, 0.29) is 12.1 Å². The first-order chi connectivity index (χ1) is 9.97. The standard InChI is InChI=1S/C18H27NO2/c1-13-7-5-10-17(11-13)18(20)21-16(4)12-19-14(2)8-6-9-15(19)3/h5,7,10-11,14-16H,6,8-9,12H2,1-4H3/p+1/t14-,15-,16-/m0/s1. The molecular weight excluding hydrogens is 262 g/mol. The molecule has 0 amide bonds. The van der Waals surface area contributed by atoms with Crippen molar-refractivity contribution in [3.63, 3.8) is 0 Å². The first kappa shape index (κ1) is 16.0. The number of esters is 1. The number of hydrogen-bond acceptors (Lipinski definition) is 2. The van der Waals surface area contributed by atoms with E-state index in [4.69, 9.17) is 4.74 Å². The zero-order valence-electron chi connectivity index (χ0n) is 13.7. The van der Waals surface area contributed by atoms with E-state index in [9.17, 15) is 4.79 Å². The first-order valence-corrected chi connectivity index (χ1v) is 8.10. The molecule has 1 aliphatic rings. The summed E-state index contributed by atoms with van der Waals surface area (Å²) in [6, 6.07) is 8.91. The Morgan fingerprint density at radius 2 is 2.00 bits per heavy atom. The Bertz CT molecular complexity index is 476. The molecule has 1 fully saturated rings. The van der Waals surface area contributed by atoms with E-state index in [0.29, 0.717) is 17.6 Å². The molecule has 1 heterocycles. The summed E-state index contributed by atoms with van der Waals surface area (Å²) in [5.41, 5.74) is 1.73. The molecule has 21 heavy (non-hydrogen) atoms. The molecule has 1 saturated heterocycles. The molecule has 116 valence electrons. The maximum Gasteiger partial charge on any atom is 0.338 e. The van der Waals surface area contributed by atoms with Crippen LogP contribution in [0.1, 0.15) is 56.0 Å². The summed E-state index contributed by atoms with van der Waals surface area (Å²) in [6.45, 7) is 9.51. The van der Waals surface area contributed by atoms with E-state index in [1.54, 1.807) is 4.90 Å². The molecule has 1 aliphatic heterocycles. The van der Waals surface area contributed by atoms with Crippen LogP contribution < -0.4 is 4.90 Å². The van der Waals surface area contributed by atoms with E-state index in [0.717, 1.165) is 12.1 Å². The Morgan fingerprint density at radius 1 is 1.33 bits per heavy atom. The monoisotopic (exact) mass is 290 g/mol. The Balaban J connectivity index is 1.92. The highest BCUT2D eigenvalue weighted by Crippen LogP contribution is 2.09. The molecule has 1 aromatic carbocycles. The fraction of sp³-hybridized carbons (Fsp3) is 0.611. The van der Waals surface area contributed by atoms with Crippen LogP contribution in [-0.4, -0.2) is 30.7 Å². The van der Waals surface area contributed by atoms with Gasteiger partial charge in [0.2, 0.25) is 0 Å². The second-order valence-corrected chi connectivity index (χ2v) is 6.60. The fourth-order valence-electron chi connectivity index (χ4n) is 3.39. The average Bonchev–Trinajstić information content (AvgIpc) is 2.43. The summed E-state index contributed by atoms with van der Waals surface area (Å²) < 4.78 is 5.63. The molecule has 0 spiro atoms. The Labute approximate surface area is 128 Å². The largest absolute Gasteiger partial charge is 0.453 e. The van der Waals surface area contributed by atoms with Gasteiger partial charge in [-0.2, -0.15) is 0 Å². The lowest BCUT2D eigenvalue weighted by molar-refractivity contribution is -0.953. The molecular formula is C18H28NO2+. The van der Waals surface area contributed by atoms with Gasteiger partial charge in [-0.1, -0.05) is 17.7 Å². The van der Waals surface area contributed by atoms with E-state index in [1.807, 2.05) is 38.1 Å². The van der Waals surface area contributed by atoms with E-state index >= 15 is 0 Å². The van der Waals surface area contributed by atoms with Crippen LogP contribution in [0.25, 0.3) is 0 Å². The van der Waals surface area contributed by atoms with Crippen molar-refractivity contribution in [1.29, 1.82) is 0 Å². The topological polar surface area (TPSA) is 30.7 Å². The Morgan fingerprint density at radius 3 is 2.62 bits per heavy atom. The second kappa shape index (κ2) is 7.08. The molecule has 3 nitrogen and oxygen atoms in total. The normalized spacial score (nSPS) is 24.6. The molecule has 0 aliphatic carbocycles. The SMILES string of the molecule is Cc1cccc(C(=O)O[C@@H](C)C[NH+]2[C@@H](C)CCC[C@@H]2C)c1. The minimum atomic E-state index is -0.206. The summed E-state index contributed by atoms with van der Waals surface area (Å²) in [4.78, 5) is 13.8. The van der Waals surface area contributed by atoms with Crippen molar-refractivity contribution in [3.8, 4) is 0 Å². The van der Waals surface area contributed by atoms with Crippen LogP contribution in [0.15, 0.2) is 24.3 Å². The van der Waals surface area contributed by atoms with E-state index in [2.05, 4.69) is 13.8 Å². The van der Waals surface area contributed by atoms with E-state index in [1.165, 1.54) is 19.3 Å². The third-order valence-corrected chi connectivity index (χ3v) is 4.63. The minimum absolute atomic E-state index is 0.0454. The highest BCUT2D eigenvalue weighted by Gasteiger charge is 2.30. The lowest BCUT2D eigenvalue weighted by Crippen LogP contribution is -3.20. The highest BCUT2D eigenvalue weighted by atomic mass is 16.5. The summed E-state index contributed by atoms with van der Waals surface area (Å²) in [7, 11) is 0. The quantitative estimate of drug-likeness (QED) is 0.863. The van der Waals surface area contributed by atoms with Crippen LogP contribution >= 0.6 is 0 Å². The highest BCUT2D eigenvalue weighted by molar-refractivity contribution is 5.89. The van der Waals surface area contributed by atoms with Crippen LogP contribution in [0.5, 0.6) is 0 Å². The van der Waals surface area contributed by atoms with Gasteiger partial charge in [0.25, 0.3) is 0 Å². The lowest BCUT2D eigenvalue weighted by atomic mass is 9.97. The predicted molar refractivity (Wildman–Crippen MR) is 84.7 cm³/mol. The van der Waals surface area contributed by atoms with Crippen molar-refractivity contribution in [2.75, 3.05) is 6.54 Å². The van der Waals surface area contributed by atoms with Gasteiger partial charge in [-0.15, -0.1) is 0 Å². The molecule has 2 rings (SSSR count). The van der Waals surface area contributed by atoms with Gasteiger partial charge in [0.1, 0.15) is 12.6 Å². The Hall–Kier alpha value is -1.35. The number of benzene rings is 1. The maximum atomic E-state index is 12.2. The number of hydrogen-bond donors (Lipinski definition) is 1. The number of quaternary nitrogens is 1. The van der Waals surface area contributed by atoms with Gasteiger partial charge in [0, 0.05) is 0 Å². The van der Waals surface area contributed by atoms with Crippen molar-refractivity contribution in [3.05, 3.63) is 35.4 Å². The summed E-state index contributed by atoms with van der Waals surface area (Å²) in [5.74, 6) is -0.206. The molecule has 0 bridgehead atoms. The minimum Gasteiger partial charge on any atom is -0.453 e. The number of aryl methyl sites for hydroxylation is 1. The summed E-state index contributed by atoms with van der Waals surface area (Å²) >= 11 is 0. The third-order valence-electron chi connectivity index (χ3n) is 4.63. The van der Waals surface area contributed by atoms with Gasteiger partial charge < -0.3 is 9.64 Å². The average molecular weight is 290 g/mol. The van der Waals surface area contributed by atoms with Crippen molar-refractivity contribution in [1.82, 2.24) is 0 Å². The first-order valence-electron chi connectivity index (χ1n) is 8.10. The van der Waals surface area contributed by atoms with Crippen LogP contribution in [0, 0.1) is 6.92 Å². The molecule has 0 aromatic heterocycles. The number of ether oxygens (including phenoxy) is 1. The molecule has 0 saturated carbocycles. The van der Waals surface area contributed by atoms with Crippen molar-refractivity contribution in [2.24, 2.45) is 0 Å². The number of nitrogens with one attached hydrogen (secondary N) is 1. The fourth-order valence-corrected chi connectivity index (χ4v) is 3.39. The van der Waals surface area contributed by atoms with Crippen molar-refractivity contribution >= 4 is 5.97 Å². The number of likely N-dealkylation sites (tertiary alicyclic amines) is 1. The van der Waals surface area contributed by atoms with Gasteiger partial charge >= 0.3 is 5.97 Å². The summed E-state index contributed by atoms with van der Waals surface area (Å²) in [5, 5.41) is 0. The zero-order valence-corrected chi connectivity index (χ0v) is 13.7. The van der Waals surface area contributed by atoms with Crippen LogP contribution in [0.4, 0.5) is 0 Å². The zero-order chi connectivity index (χ0) is 15.4. The van der Waals surface area contributed by atoms with Crippen LogP contribution in [0.3, 0.4) is 0 Å². The molecule has 0 radical (unpaired) electrons. The number of rotatable bonds is 4. The third kappa shape index (κ3) is 4.31. The van der Waals surface area contributed by atoms with Gasteiger partial charge in [-0.05, 0) is 59.1 Å². The lowest BCUT2D eigenvalue weighted by Gasteiger charge is -2.37.